The highest BCUT2D eigenvalue weighted by Gasteiger charge is 2.42. The molecule has 2 aliphatic heterocycles. The third-order valence-electron chi connectivity index (χ3n) is 7.07. The summed E-state index contributed by atoms with van der Waals surface area (Å²) in [6.07, 6.45) is 1.59. The van der Waals surface area contributed by atoms with Crippen LogP contribution in [0, 0.1) is 25.7 Å². The van der Waals surface area contributed by atoms with Gasteiger partial charge in [-0.25, -0.2) is 4.79 Å². The third kappa shape index (κ3) is 5.93. The van der Waals surface area contributed by atoms with Gasteiger partial charge in [0.2, 0.25) is 0 Å². The van der Waals surface area contributed by atoms with E-state index in [2.05, 4.69) is 39.8 Å². The van der Waals surface area contributed by atoms with Gasteiger partial charge in [0.25, 0.3) is 5.91 Å². The zero-order chi connectivity index (χ0) is 24.9. The monoisotopic (exact) mass is 478 g/mol. The van der Waals surface area contributed by atoms with Crippen molar-refractivity contribution in [3.05, 3.63) is 64.7 Å². The first-order valence-electron chi connectivity index (χ1n) is 12.2. The van der Waals surface area contributed by atoms with Gasteiger partial charge < -0.3 is 25.5 Å². The van der Waals surface area contributed by atoms with Gasteiger partial charge in [0, 0.05) is 55.8 Å². The number of anilines is 1. The van der Waals surface area contributed by atoms with E-state index < -0.39 is 12.0 Å². The molecule has 0 radical (unpaired) electrons. The van der Waals surface area contributed by atoms with Crippen LogP contribution in [0.5, 0.6) is 0 Å². The lowest BCUT2D eigenvalue weighted by Crippen LogP contribution is -2.38. The Morgan fingerprint density at radius 1 is 0.943 bits per heavy atom. The van der Waals surface area contributed by atoms with E-state index in [9.17, 15) is 14.4 Å². The molecule has 3 N–H and O–H groups in total. The first-order valence-corrected chi connectivity index (χ1v) is 12.2. The molecule has 2 aromatic carbocycles. The standard InChI is InChI=1S/C27H34N4O4/c1-18-6-3-7-19(2)25(18)26(34)31-16-21-14-30(15-22(21)17-31)23-10-4-8-20(12-23)9-5-11-28-27(35)29-13-24(32)33/h3-4,6-8,10,12,21-22H,5,9,11,13-17H2,1-2H3,(H,32,33)(H2,28,29,35). The summed E-state index contributed by atoms with van der Waals surface area (Å²) >= 11 is 0. The molecule has 2 fully saturated rings. The number of carbonyl (C=O) groups is 3. The number of urea groups is 1. The molecule has 35 heavy (non-hydrogen) atoms. The Morgan fingerprint density at radius 3 is 2.26 bits per heavy atom. The molecule has 0 spiro atoms. The summed E-state index contributed by atoms with van der Waals surface area (Å²) in [6, 6.07) is 14.1. The molecule has 0 bridgehead atoms. The Bertz CT molecular complexity index is 1070. The summed E-state index contributed by atoms with van der Waals surface area (Å²) in [6.45, 7) is 7.64. The minimum Gasteiger partial charge on any atom is -0.480 e. The zero-order valence-electron chi connectivity index (χ0n) is 20.4. The average Bonchev–Trinajstić information content (AvgIpc) is 3.40. The minimum atomic E-state index is -1.07. The van der Waals surface area contributed by atoms with Crippen molar-refractivity contribution in [1.29, 1.82) is 0 Å². The molecule has 0 aromatic heterocycles. The molecule has 2 unspecified atom stereocenters. The summed E-state index contributed by atoms with van der Waals surface area (Å²) in [5.74, 6) is 0.0680. The van der Waals surface area contributed by atoms with Crippen molar-refractivity contribution < 1.29 is 19.5 Å². The number of fused-ring (bicyclic) bond motifs is 1. The lowest BCUT2D eigenvalue weighted by Gasteiger charge is -2.24. The minimum absolute atomic E-state index is 0.161. The molecule has 4 rings (SSSR count). The lowest BCUT2D eigenvalue weighted by atomic mass is 10.0. The number of hydrogen-bond acceptors (Lipinski definition) is 4. The van der Waals surface area contributed by atoms with Gasteiger partial charge in [-0.05, 0) is 55.5 Å². The normalized spacial score (nSPS) is 18.9. The number of amides is 3. The van der Waals surface area contributed by atoms with Crippen LogP contribution in [0.25, 0.3) is 0 Å². The first-order chi connectivity index (χ1) is 16.8. The van der Waals surface area contributed by atoms with Crippen LogP contribution >= 0.6 is 0 Å². The van der Waals surface area contributed by atoms with Gasteiger partial charge in [-0.1, -0.05) is 30.3 Å². The van der Waals surface area contributed by atoms with Gasteiger partial charge in [0.05, 0.1) is 0 Å². The molecule has 2 aromatic rings. The summed E-state index contributed by atoms with van der Waals surface area (Å²) in [5, 5.41) is 13.6. The van der Waals surface area contributed by atoms with E-state index in [1.54, 1.807) is 0 Å². The van der Waals surface area contributed by atoms with Crippen LogP contribution in [0.1, 0.15) is 33.5 Å². The molecule has 2 saturated heterocycles. The molecule has 3 amide bonds. The van der Waals surface area contributed by atoms with E-state index in [1.165, 1.54) is 11.3 Å². The van der Waals surface area contributed by atoms with Crippen LogP contribution in [-0.2, 0) is 11.2 Å². The fourth-order valence-electron chi connectivity index (χ4n) is 5.30. The van der Waals surface area contributed by atoms with E-state index in [0.29, 0.717) is 18.4 Å². The Morgan fingerprint density at radius 2 is 1.60 bits per heavy atom. The quantitative estimate of drug-likeness (QED) is 0.507. The molecule has 186 valence electrons. The molecular formula is C27H34N4O4. The number of aryl methyl sites for hydroxylation is 3. The second-order valence-corrected chi connectivity index (χ2v) is 9.68. The Labute approximate surface area is 206 Å². The van der Waals surface area contributed by atoms with E-state index in [4.69, 9.17) is 5.11 Å². The maximum absolute atomic E-state index is 13.2. The molecule has 2 heterocycles. The molecule has 0 saturated carbocycles. The molecule has 8 nitrogen and oxygen atoms in total. The molecule has 2 aliphatic rings. The van der Waals surface area contributed by atoms with Crippen LogP contribution < -0.4 is 15.5 Å². The molecule has 8 heteroatoms. The summed E-state index contributed by atoms with van der Waals surface area (Å²) in [5.41, 5.74) is 5.35. The van der Waals surface area contributed by atoms with Crippen molar-refractivity contribution in [2.75, 3.05) is 44.2 Å². The van der Waals surface area contributed by atoms with Gasteiger partial charge >= 0.3 is 12.0 Å². The maximum atomic E-state index is 13.2. The molecule has 2 atom stereocenters. The van der Waals surface area contributed by atoms with Crippen LogP contribution in [0.3, 0.4) is 0 Å². The van der Waals surface area contributed by atoms with E-state index >= 15 is 0 Å². The predicted octanol–water partition coefficient (Wildman–Crippen LogP) is 2.83. The van der Waals surface area contributed by atoms with Crippen molar-refractivity contribution in [3.8, 4) is 0 Å². The smallest absolute Gasteiger partial charge is 0.323 e. The average molecular weight is 479 g/mol. The highest BCUT2D eigenvalue weighted by atomic mass is 16.4. The van der Waals surface area contributed by atoms with E-state index in [0.717, 1.165) is 55.7 Å². The van der Waals surface area contributed by atoms with Gasteiger partial charge in [-0.2, -0.15) is 0 Å². The van der Waals surface area contributed by atoms with Crippen molar-refractivity contribution in [2.24, 2.45) is 11.8 Å². The number of carboxylic acids is 1. The van der Waals surface area contributed by atoms with Gasteiger partial charge in [-0.15, -0.1) is 0 Å². The third-order valence-corrected chi connectivity index (χ3v) is 7.07. The highest BCUT2D eigenvalue weighted by Crippen LogP contribution is 2.35. The fraction of sp³-hybridized carbons (Fsp3) is 0.444. The van der Waals surface area contributed by atoms with Gasteiger partial charge in [0.15, 0.2) is 0 Å². The molecular weight excluding hydrogens is 444 g/mol. The van der Waals surface area contributed by atoms with Crippen LogP contribution in [-0.4, -0.2) is 67.2 Å². The van der Waals surface area contributed by atoms with Crippen LogP contribution in [0.15, 0.2) is 42.5 Å². The Balaban J connectivity index is 1.27. The van der Waals surface area contributed by atoms with Crippen molar-refractivity contribution in [2.45, 2.75) is 26.7 Å². The predicted molar refractivity (Wildman–Crippen MR) is 135 cm³/mol. The number of nitrogens with zero attached hydrogens (tertiary/aromatic N) is 2. The summed E-state index contributed by atoms with van der Waals surface area (Å²) < 4.78 is 0. The first kappa shape index (κ1) is 24.6. The van der Waals surface area contributed by atoms with Crippen LogP contribution in [0.4, 0.5) is 10.5 Å². The highest BCUT2D eigenvalue weighted by molar-refractivity contribution is 5.97. The van der Waals surface area contributed by atoms with Gasteiger partial charge in [0.1, 0.15) is 6.54 Å². The van der Waals surface area contributed by atoms with Crippen molar-refractivity contribution in [1.82, 2.24) is 15.5 Å². The van der Waals surface area contributed by atoms with Crippen molar-refractivity contribution in [3.63, 3.8) is 0 Å². The number of carboxylic acid groups (broad SMARTS) is 1. The number of rotatable bonds is 8. The number of likely N-dealkylation sites (tertiary alicyclic amines) is 1. The van der Waals surface area contributed by atoms with E-state index in [-0.39, 0.29) is 12.5 Å². The Hall–Kier alpha value is -3.55. The number of nitrogens with one attached hydrogen (secondary N) is 2. The number of benzene rings is 2. The maximum Gasteiger partial charge on any atom is 0.323 e. The molecule has 0 aliphatic carbocycles. The van der Waals surface area contributed by atoms with Crippen LogP contribution in [0.2, 0.25) is 0 Å². The fourth-order valence-corrected chi connectivity index (χ4v) is 5.30. The number of aliphatic carboxylic acids is 1. The van der Waals surface area contributed by atoms with Gasteiger partial charge in [-0.3, -0.25) is 9.59 Å². The zero-order valence-corrected chi connectivity index (χ0v) is 20.4. The summed E-state index contributed by atoms with van der Waals surface area (Å²) in [4.78, 5) is 39.7. The SMILES string of the molecule is Cc1cccc(C)c1C(=O)N1CC2CN(c3cccc(CCCNC(=O)NCC(=O)O)c3)CC2C1. The topological polar surface area (TPSA) is 102 Å². The second-order valence-electron chi connectivity index (χ2n) is 9.68. The number of carbonyl (C=O) groups excluding carboxylic acids is 2. The number of hydrogen-bond donors (Lipinski definition) is 3. The van der Waals surface area contributed by atoms with Crippen molar-refractivity contribution >= 4 is 23.6 Å². The Kier molecular flexibility index (Phi) is 7.58. The largest absolute Gasteiger partial charge is 0.480 e. The lowest BCUT2D eigenvalue weighted by molar-refractivity contribution is -0.135. The summed E-state index contributed by atoms with van der Waals surface area (Å²) in [7, 11) is 0. The van der Waals surface area contributed by atoms with E-state index in [1.807, 2.05) is 36.9 Å². The second kappa shape index (κ2) is 10.8.